The summed E-state index contributed by atoms with van der Waals surface area (Å²) in [5.41, 5.74) is 0. The van der Waals surface area contributed by atoms with E-state index in [-0.39, 0.29) is 6.10 Å². The van der Waals surface area contributed by atoms with Crippen molar-refractivity contribution in [2.45, 2.75) is 25.9 Å². The molecule has 0 aliphatic carbocycles. The molecule has 0 unspecified atom stereocenters. The van der Waals surface area contributed by atoms with Crippen LogP contribution in [-0.4, -0.2) is 42.4 Å². The van der Waals surface area contributed by atoms with Gasteiger partial charge in [0.25, 0.3) is 0 Å². The van der Waals surface area contributed by atoms with Gasteiger partial charge >= 0.3 is 0 Å². The van der Waals surface area contributed by atoms with E-state index in [1.54, 1.807) is 0 Å². The molecular formula is C15H22BrNO2. The van der Waals surface area contributed by atoms with Crippen molar-refractivity contribution in [3.63, 3.8) is 0 Å². The Balaban J connectivity index is 1.75. The van der Waals surface area contributed by atoms with E-state index in [4.69, 9.17) is 4.74 Å². The lowest BCUT2D eigenvalue weighted by atomic mass is 9.93. The topological polar surface area (TPSA) is 32.7 Å². The number of nitrogens with zero attached hydrogens (tertiary/aromatic N) is 1. The Labute approximate surface area is 123 Å². The van der Waals surface area contributed by atoms with E-state index in [0.29, 0.717) is 12.5 Å². The van der Waals surface area contributed by atoms with Gasteiger partial charge in [-0.15, -0.1) is 0 Å². The molecule has 2 atom stereocenters. The Morgan fingerprint density at radius 3 is 3.00 bits per heavy atom. The third-order valence-corrected chi connectivity index (χ3v) is 4.38. The minimum atomic E-state index is -0.202. The first-order chi connectivity index (χ1) is 9.16. The molecule has 1 fully saturated rings. The van der Waals surface area contributed by atoms with Crippen LogP contribution in [0.4, 0.5) is 0 Å². The van der Waals surface area contributed by atoms with E-state index >= 15 is 0 Å². The van der Waals surface area contributed by atoms with Gasteiger partial charge in [0.15, 0.2) is 0 Å². The van der Waals surface area contributed by atoms with Gasteiger partial charge in [0.05, 0.1) is 10.6 Å². The summed E-state index contributed by atoms with van der Waals surface area (Å²) in [7, 11) is 0. The molecule has 4 heteroatoms. The van der Waals surface area contributed by atoms with Crippen molar-refractivity contribution in [1.29, 1.82) is 0 Å². The van der Waals surface area contributed by atoms with Crippen molar-refractivity contribution < 1.29 is 9.84 Å². The second kappa shape index (κ2) is 7.27. The summed E-state index contributed by atoms with van der Waals surface area (Å²) in [6.45, 7) is 5.60. The van der Waals surface area contributed by atoms with E-state index in [2.05, 4.69) is 20.8 Å². The van der Waals surface area contributed by atoms with Crippen LogP contribution >= 0.6 is 15.9 Å². The third-order valence-electron chi connectivity index (χ3n) is 3.73. The lowest BCUT2D eigenvalue weighted by molar-refractivity contribution is 0.0573. The number of aliphatic hydroxyl groups excluding tert-OH is 1. The number of benzene rings is 1. The molecule has 0 aromatic heterocycles. The summed E-state index contributed by atoms with van der Waals surface area (Å²) in [4.78, 5) is 2.39. The highest BCUT2D eigenvalue weighted by atomic mass is 79.9. The molecule has 1 saturated heterocycles. The highest BCUT2D eigenvalue weighted by Crippen LogP contribution is 2.24. The average Bonchev–Trinajstić information content (AvgIpc) is 2.41. The summed E-state index contributed by atoms with van der Waals surface area (Å²) in [6, 6.07) is 7.91. The predicted octanol–water partition coefficient (Wildman–Crippen LogP) is 2.92. The fourth-order valence-electron chi connectivity index (χ4n) is 2.53. The summed E-state index contributed by atoms with van der Waals surface area (Å²) in [5, 5.41) is 9.67. The van der Waals surface area contributed by atoms with Crippen LogP contribution in [0, 0.1) is 5.92 Å². The van der Waals surface area contributed by atoms with E-state index in [9.17, 15) is 5.11 Å². The Bertz CT molecular complexity index is 397. The number of hydrogen-bond acceptors (Lipinski definition) is 3. The summed E-state index contributed by atoms with van der Waals surface area (Å²) in [5.74, 6) is 1.31. The van der Waals surface area contributed by atoms with Crippen LogP contribution in [0.25, 0.3) is 0 Å². The largest absolute Gasteiger partial charge is 0.491 e. The monoisotopic (exact) mass is 327 g/mol. The number of rotatable bonds is 5. The van der Waals surface area contributed by atoms with E-state index in [1.165, 1.54) is 6.42 Å². The maximum atomic E-state index is 9.67. The van der Waals surface area contributed by atoms with Crippen LogP contribution in [0.15, 0.2) is 28.7 Å². The van der Waals surface area contributed by atoms with Gasteiger partial charge in [-0.05, 0) is 60.3 Å². The van der Waals surface area contributed by atoms with Crippen LogP contribution < -0.4 is 4.74 Å². The molecule has 2 rings (SSSR count). The molecule has 0 amide bonds. The molecular weight excluding hydrogens is 306 g/mol. The van der Waals surface area contributed by atoms with Gasteiger partial charge in [-0.3, -0.25) is 4.90 Å². The number of likely N-dealkylation sites (tertiary alicyclic amines) is 1. The molecule has 3 nitrogen and oxygen atoms in total. The third kappa shape index (κ3) is 4.48. The number of ether oxygens (including phenoxy) is 1. The Morgan fingerprint density at radius 1 is 1.47 bits per heavy atom. The quantitative estimate of drug-likeness (QED) is 0.902. The highest BCUT2D eigenvalue weighted by Gasteiger charge is 2.23. The molecule has 1 aliphatic heterocycles. The number of hydrogen-bond donors (Lipinski definition) is 1. The number of aliphatic hydroxyl groups is 1. The van der Waals surface area contributed by atoms with Crippen LogP contribution in [0.2, 0.25) is 0 Å². The van der Waals surface area contributed by atoms with E-state index in [0.717, 1.165) is 36.3 Å². The molecule has 106 valence electrons. The van der Waals surface area contributed by atoms with Crippen LogP contribution in [-0.2, 0) is 0 Å². The average molecular weight is 328 g/mol. The second-order valence-electron chi connectivity index (χ2n) is 5.22. The summed E-state index contributed by atoms with van der Waals surface area (Å²) < 4.78 is 6.78. The van der Waals surface area contributed by atoms with Crippen LogP contribution in [0.3, 0.4) is 0 Å². The fraction of sp³-hybridized carbons (Fsp3) is 0.600. The lowest BCUT2D eigenvalue weighted by Gasteiger charge is -2.33. The minimum absolute atomic E-state index is 0.202. The van der Waals surface area contributed by atoms with Gasteiger partial charge in [-0.25, -0.2) is 0 Å². The zero-order valence-electron chi connectivity index (χ0n) is 11.4. The maximum absolute atomic E-state index is 9.67. The fourth-order valence-corrected chi connectivity index (χ4v) is 2.93. The van der Waals surface area contributed by atoms with E-state index in [1.807, 2.05) is 31.2 Å². The number of halogens is 1. The first-order valence-corrected chi connectivity index (χ1v) is 7.74. The van der Waals surface area contributed by atoms with Gasteiger partial charge in [-0.1, -0.05) is 12.1 Å². The molecule has 19 heavy (non-hydrogen) atoms. The van der Waals surface area contributed by atoms with Crippen molar-refractivity contribution in [2.24, 2.45) is 5.92 Å². The normalized spacial score (nSPS) is 22.2. The first-order valence-electron chi connectivity index (χ1n) is 6.94. The molecule has 1 aliphatic rings. The van der Waals surface area contributed by atoms with Crippen LogP contribution in [0.5, 0.6) is 5.75 Å². The molecule has 0 radical (unpaired) electrons. The van der Waals surface area contributed by atoms with Crippen molar-refractivity contribution in [3.8, 4) is 5.75 Å². The molecule has 0 spiro atoms. The standard InChI is InChI=1S/C15H22BrNO2/c1-12(18)13-5-4-8-17(11-13)9-10-19-15-7-3-2-6-14(15)16/h2-3,6-7,12-13,18H,4-5,8-11H2,1H3/t12-,13-/m1/s1. The number of piperidine rings is 1. The van der Waals surface area contributed by atoms with Gasteiger partial charge in [-0.2, -0.15) is 0 Å². The Morgan fingerprint density at radius 2 is 2.26 bits per heavy atom. The smallest absolute Gasteiger partial charge is 0.133 e. The van der Waals surface area contributed by atoms with Crippen molar-refractivity contribution in [2.75, 3.05) is 26.2 Å². The predicted molar refractivity (Wildman–Crippen MR) is 80.5 cm³/mol. The van der Waals surface area contributed by atoms with Gasteiger partial charge in [0.2, 0.25) is 0 Å². The Kier molecular flexibility index (Phi) is 5.67. The highest BCUT2D eigenvalue weighted by molar-refractivity contribution is 9.10. The molecule has 0 saturated carbocycles. The summed E-state index contributed by atoms with van der Waals surface area (Å²) >= 11 is 3.48. The van der Waals surface area contributed by atoms with Gasteiger partial charge < -0.3 is 9.84 Å². The minimum Gasteiger partial charge on any atom is -0.491 e. The van der Waals surface area contributed by atoms with Crippen molar-refractivity contribution in [3.05, 3.63) is 28.7 Å². The zero-order chi connectivity index (χ0) is 13.7. The van der Waals surface area contributed by atoms with Crippen molar-refractivity contribution in [1.82, 2.24) is 4.90 Å². The molecule has 1 aromatic carbocycles. The summed E-state index contributed by atoms with van der Waals surface area (Å²) in [6.07, 6.45) is 2.11. The SMILES string of the molecule is C[C@@H](O)[C@@H]1CCCN(CCOc2ccccc2Br)C1. The maximum Gasteiger partial charge on any atom is 0.133 e. The molecule has 1 heterocycles. The van der Waals surface area contributed by atoms with E-state index < -0.39 is 0 Å². The van der Waals surface area contributed by atoms with Gasteiger partial charge in [0, 0.05) is 13.1 Å². The van der Waals surface area contributed by atoms with Crippen LogP contribution in [0.1, 0.15) is 19.8 Å². The molecule has 1 N–H and O–H groups in total. The second-order valence-corrected chi connectivity index (χ2v) is 6.08. The lowest BCUT2D eigenvalue weighted by Crippen LogP contribution is -2.41. The number of para-hydroxylation sites is 1. The first kappa shape index (κ1) is 14.8. The van der Waals surface area contributed by atoms with Crippen molar-refractivity contribution >= 4 is 15.9 Å². The molecule has 1 aromatic rings. The zero-order valence-corrected chi connectivity index (χ0v) is 13.0. The van der Waals surface area contributed by atoms with Gasteiger partial charge in [0.1, 0.15) is 12.4 Å². The Hall–Kier alpha value is -0.580. The molecule has 0 bridgehead atoms.